The van der Waals surface area contributed by atoms with Gasteiger partial charge in [-0.25, -0.2) is 0 Å². The first-order valence-corrected chi connectivity index (χ1v) is 10.1. The predicted octanol–water partition coefficient (Wildman–Crippen LogP) is 4.45. The molecule has 5 heteroatoms. The average molecular weight is 306 g/mol. The summed E-state index contributed by atoms with van der Waals surface area (Å²) in [5.41, 5.74) is 0. The molecular formula is C14H27O3PS. The molecule has 0 aromatic carbocycles. The SMILES string of the molecule is OP(S)OC[C@@H]1CCC(C2CCCCCCCC2)O1. The van der Waals surface area contributed by atoms with Crippen molar-refractivity contribution in [2.24, 2.45) is 5.92 Å². The Hall–Kier alpha value is 0.660. The van der Waals surface area contributed by atoms with E-state index in [1.165, 1.54) is 51.4 Å². The summed E-state index contributed by atoms with van der Waals surface area (Å²) in [6, 6.07) is 0. The van der Waals surface area contributed by atoms with Crippen LogP contribution in [0.2, 0.25) is 0 Å². The Kier molecular flexibility index (Phi) is 7.46. The third-order valence-corrected chi connectivity index (χ3v) is 5.17. The van der Waals surface area contributed by atoms with Gasteiger partial charge in [0.2, 0.25) is 7.58 Å². The second-order valence-corrected chi connectivity index (χ2v) is 7.67. The average Bonchev–Trinajstić information content (AvgIpc) is 2.89. The molecule has 2 rings (SSSR count). The number of hydrogen-bond donors (Lipinski definition) is 2. The van der Waals surface area contributed by atoms with Crippen LogP contribution in [0.1, 0.15) is 64.2 Å². The van der Waals surface area contributed by atoms with Crippen LogP contribution in [0.5, 0.6) is 0 Å². The van der Waals surface area contributed by atoms with Gasteiger partial charge in [-0.15, -0.1) is 0 Å². The highest BCUT2D eigenvalue weighted by Gasteiger charge is 2.31. The second-order valence-electron chi connectivity index (χ2n) is 5.88. The van der Waals surface area contributed by atoms with Gasteiger partial charge in [-0.05, 0) is 31.6 Å². The van der Waals surface area contributed by atoms with Crippen LogP contribution in [-0.2, 0) is 9.26 Å². The Labute approximate surface area is 123 Å². The van der Waals surface area contributed by atoms with E-state index < -0.39 is 7.58 Å². The van der Waals surface area contributed by atoms with Crippen LogP contribution in [0.25, 0.3) is 0 Å². The fourth-order valence-electron chi connectivity index (χ4n) is 3.39. The largest absolute Gasteiger partial charge is 0.372 e. The lowest BCUT2D eigenvalue weighted by molar-refractivity contribution is -0.0130. The fraction of sp³-hybridized carbons (Fsp3) is 1.00. The fourth-order valence-corrected chi connectivity index (χ4v) is 3.89. The first kappa shape index (κ1) is 16.0. The van der Waals surface area contributed by atoms with Crippen molar-refractivity contribution >= 4 is 19.8 Å². The minimum absolute atomic E-state index is 0.168. The van der Waals surface area contributed by atoms with Crippen LogP contribution < -0.4 is 0 Å². The Balaban J connectivity index is 1.74. The van der Waals surface area contributed by atoms with Gasteiger partial charge < -0.3 is 14.2 Å². The van der Waals surface area contributed by atoms with Crippen molar-refractivity contribution < 1.29 is 14.2 Å². The molecule has 2 aliphatic rings. The Morgan fingerprint density at radius 2 is 1.63 bits per heavy atom. The molecule has 0 aromatic heterocycles. The summed E-state index contributed by atoms with van der Waals surface area (Å²) in [5, 5.41) is 0. The van der Waals surface area contributed by atoms with Gasteiger partial charge in [0.25, 0.3) is 0 Å². The van der Waals surface area contributed by atoms with Crippen LogP contribution in [-0.4, -0.2) is 23.7 Å². The third kappa shape index (κ3) is 5.89. The number of rotatable bonds is 4. The topological polar surface area (TPSA) is 38.7 Å². The summed E-state index contributed by atoms with van der Waals surface area (Å²) in [7, 11) is -1.54. The summed E-state index contributed by atoms with van der Waals surface area (Å²) < 4.78 is 11.3. The number of thiol groups is 1. The molecule has 1 saturated carbocycles. The Bertz CT molecular complexity index is 243. The summed E-state index contributed by atoms with van der Waals surface area (Å²) in [5.74, 6) is 0.745. The van der Waals surface area contributed by atoms with E-state index in [-0.39, 0.29) is 6.10 Å². The molecule has 1 heterocycles. The highest BCUT2D eigenvalue weighted by Crippen LogP contribution is 2.38. The number of ether oxygens (including phenoxy) is 1. The lowest BCUT2D eigenvalue weighted by atomic mass is 9.90. The lowest BCUT2D eigenvalue weighted by Gasteiger charge is -2.23. The molecule has 2 fully saturated rings. The molecular weight excluding hydrogens is 279 g/mol. The van der Waals surface area contributed by atoms with Crippen molar-refractivity contribution in [3.63, 3.8) is 0 Å². The van der Waals surface area contributed by atoms with E-state index >= 15 is 0 Å². The van der Waals surface area contributed by atoms with Crippen molar-refractivity contribution in [1.82, 2.24) is 0 Å². The van der Waals surface area contributed by atoms with E-state index in [4.69, 9.17) is 14.2 Å². The maximum atomic E-state index is 9.08. The summed E-state index contributed by atoms with van der Waals surface area (Å²) in [6.45, 7) is 0.495. The van der Waals surface area contributed by atoms with Crippen molar-refractivity contribution in [1.29, 1.82) is 0 Å². The molecule has 19 heavy (non-hydrogen) atoms. The van der Waals surface area contributed by atoms with E-state index in [1.807, 2.05) is 0 Å². The molecule has 3 atom stereocenters. The lowest BCUT2D eigenvalue weighted by Crippen LogP contribution is -2.23. The van der Waals surface area contributed by atoms with Gasteiger partial charge in [-0.2, -0.15) is 0 Å². The molecule has 0 spiro atoms. The van der Waals surface area contributed by atoms with Crippen LogP contribution in [0, 0.1) is 5.92 Å². The molecule has 1 aliphatic heterocycles. The summed E-state index contributed by atoms with van der Waals surface area (Å²) >= 11 is 3.88. The second kappa shape index (κ2) is 8.84. The van der Waals surface area contributed by atoms with Crippen LogP contribution in [0.3, 0.4) is 0 Å². The summed E-state index contributed by atoms with van der Waals surface area (Å²) in [6.07, 6.45) is 13.8. The van der Waals surface area contributed by atoms with Crippen LogP contribution in [0.15, 0.2) is 0 Å². The standard InChI is InChI=1S/C14H27O3PS/c15-18(19)16-11-13-9-10-14(17-13)12-7-5-3-1-2-4-6-8-12/h12-15,19H,1-11H2/t13-,14?,18?/m0/s1. The molecule has 3 nitrogen and oxygen atoms in total. The van der Waals surface area contributed by atoms with E-state index in [2.05, 4.69) is 12.2 Å². The Morgan fingerprint density at radius 1 is 1.00 bits per heavy atom. The highest BCUT2D eigenvalue weighted by atomic mass is 32.7. The van der Waals surface area contributed by atoms with Gasteiger partial charge in [0, 0.05) is 0 Å². The smallest absolute Gasteiger partial charge is 0.232 e. The van der Waals surface area contributed by atoms with Crippen molar-refractivity contribution in [2.75, 3.05) is 6.61 Å². The molecule has 0 bridgehead atoms. The molecule has 112 valence electrons. The molecule has 0 aromatic rings. The zero-order chi connectivity index (χ0) is 13.5. The minimum atomic E-state index is -1.54. The van der Waals surface area contributed by atoms with E-state index in [1.54, 1.807) is 0 Å². The molecule has 0 radical (unpaired) electrons. The van der Waals surface area contributed by atoms with Gasteiger partial charge in [-0.1, -0.05) is 50.8 Å². The van der Waals surface area contributed by atoms with Crippen molar-refractivity contribution in [3.8, 4) is 0 Å². The number of hydrogen-bond acceptors (Lipinski definition) is 4. The first-order chi connectivity index (χ1) is 9.25. The molecule has 1 saturated heterocycles. The zero-order valence-electron chi connectivity index (χ0n) is 11.7. The zero-order valence-corrected chi connectivity index (χ0v) is 13.5. The minimum Gasteiger partial charge on any atom is -0.372 e. The van der Waals surface area contributed by atoms with E-state index in [0.717, 1.165) is 18.8 Å². The monoisotopic (exact) mass is 306 g/mol. The molecule has 1 N–H and O–H groups in total. The summed E-state index contributed by atoms with van der Waals surface area (Å²) in [4.78, 5) is 9.08. The normalized spacial score (nSPS) is 32.5. The van der Waals surface area contributed by atoms with Gasteiger partial charge in [0.05, 0.1) is 18.8 Å². The predicted molar refractivity (Wildman–Crippen MR) is 82.4 cm³/mol. The molecule has 2 unspecified atom stereocenters. The van der Waals surface area contributed by atoms with Gasteiger partial charge in [0.15, 0.2) is 0 Å². The molecule has 0 amide bonds. The first-order valence-electron chi connectivity index (χ1n) is 7.72. The highest BCUT2D eigenvalue weighted by molar-refractivity contribution is 8.41. The maximum absolute atomic E-state index is 9.08. The van der Waals surface area contributed by atoms with Gasteiger partial charge in [0.1, 0.15) is 0 Å². The van der Waals surface area contributed by atoms with E-state index in [0.29, 0.717) is 12.7 Å². The van der Waals surface area contributed by atoms with E-state index in [9.17, 15) is 0 Å². The quantitative estimate of drug-likeness (QED) is 0.595. The van der Waals surface area contributed by atoms with Crippen LogP contribution >= 0.6 is 19.8 Å². The van der Waals surface area contributed by atoms with Gasteiger partial charge >= 0.3 is 0 Å². The van der Waals surface area contributed by atoms with Crippen LogP contribution in [0.4, 0.5) is 0 Å². The van der Waals surface area contributed by atoms with Gasteiger partial charge in [-0.3, -0.25) is 0 Å². The Morgan fingerprint density at radius 3 is 2.26 bits per heavy atom. The molecule has 1 aliphatic carbocycles. The van der Waals surface area contributed by atoms with Crippen molar-refractivity contribution in [3.05, 3.63) is 0 Å². The van der Waals surface area contributed by atoms with Crippen molar-refractivity contribution in [2.45, 2.75) is 76.4 Å². The third-order valence-electron chi connectivity index (χ3n) is 4.44. The maximum Gasteiger partial charge on any atom is 0.232 e.